The predicted octanol–water partition coefficient (Wildman–Crippen LogP) is 1.56. The average Bonchev–Trinajstić information content (AvgIpc) is 3.17. The van der Waals surface area contributed by atoms with Crippen molar-refractivity contribution in [3.8, 4) is 17.1 Å². The van der Waals surface area contributed by atoms with Crippen LogP contribution in [0.1, 0.15) is 12.3 Å². The second-order valence-corrected chi connectivity index (χ2v) is 5.31. The van der Waals surface area contributed by atoms with E-state index in [9.17, 15) is 0 Å². The molecule has 112 valence electrons. The molecule has 1 aromatic heterocycles. The summed E-state index contributed by atoms with van der Waals surface area (Å²) in [5.74, 6) is 2.37. The Labute approximate surface area is 123 Å². The molecule has 6 nitrogen and oxygen atoms in total. The molecule has 6 heteroatoms. The molecule has 1 unspecified atom stereocenters. The standard InChI is InChI=1S/C15H19N3O3/c1-20-13-4-2-12(3-5-13)15-16-14(21-17-15)9-18-7-6-11(8-18)10-19/h2-5,11,19H,6-10H2,1H3. The smallest absolute Gasteiger partial charge is 0.241 e. The lowest BCUT2D eigenvalue weighted by atomic mass is 10.1. The zero-order valence-corrected chi connectivity index (χ0v) is 12.0. The minimum atomic E-state index is 0.247. The number of rotatable bonds is 5. The number of methoxy groups -OCH3 is 1. The van der Waals surface area contributed by atoms with E-state index in [1.54, 1.807) is 7.11 Å². The molecule has 21 heavy (non-hydrogen) atoms. The number of aromatic nitrogens is 2. The molecule has 2 aromatic rings. The molecule has 0 bridgehead atoms. The van der Waals surface area contributed by atoms with Crippen LogP contribution in [-0.4, -0.2) is 47.0 Å². The first-order valence-corrected chi connectivity index (χ1v) is 7.08. The van der Waals surface area contributed by atoms with Gasteiger partial charge in [-0.3, -0.25) is 4.90 Å². The Morgan fingerprint density at radius 1 is 1.38 bits per heavy atom. The van der Waals surface area contributed by atoms with Gasteiger partial charge in [-0.05, 0) is 43.1 Å². The van der Waals surface area contributed by atoms with Gasteiger partial charge in [-0.25, -0.2) is 0 Å². The van der Waals surface area contributed by atoms with E-state index >= 15 is 0 Å². The maximum absolute atomic E-state index is 9.16. The van der Waals surface area contributed by atoms with E-state index in [4.69, 9.17) is 14.4 Å². The van der Waals surface area contributed by atoms with E-state index in [0.29, 0.717) is 24.2 Å². The predicted molar refractivity (Wildman–Crippen MR) is 76.8 cm³/mol. The molecule has 0 radical (unpaired) electrons. The van der Waals surface area contributed by atoms with Crippen molar-refractivity contribution in [3.05, 3.63) is 30.2 Å². The Balaban J connectivity index is 1.65. The minimum Gasteiger partial charge on any atom is -0.497 e. The number of hydrogen-bond acceptors (Lipinski definition) is 6. The molecule has 1 aliphatic heterocycles. The number of benzene rings is 1. The number of hydrogen-bond donors (Lipinski definition) is 1. The van der Waals surface area contributed by atoms with Crippen LogP contribution in [0.15, 0.2) is 28.8 Å². The third kappa shape index (κ3) is 3.22. The molecule has 0 amide bonds. The molecular weight excluding hydrogens is 270 g/mol. The highest BCUT2D eigenvalue weighted by Crippen LogP contribution is 2.21. The fourth-order valence-electron chi connectivity index (χ4n) is 2.57. The molecule has 0 aliphatic carbocycles. The molecule has 1 aromatic carbocycles. The minimum absolute atomic E-state index is 0.247. The van der Waals surface area contributed by atoms with Gasteiger partial charge in [0.2, 0.25) is 11.7 Å². The summed E-state index contributed by atoms with van der Waals surface area (Å²) in [5, 5.41) is 13.2. The average molecular weight is 289 g/mol. The number of nitrogens with zero attached hydrogens (tertiary/aromatic N) is 3. The van der Waals surface area contributed by atoms with Crippen LogP contribution < -0.4 is 4.74 Å². The van der Waals surface area contributed by atoms with E-state index < -0.39 is 0 Å². The van der Waals surface area contributed by atoms with Gasteiger partial charge < -0.3 is 14.4 Å². The van der Waals surface area contributed by atoms with Gasteiger partial charge in [0.1, 0.15) is 5.75 Å². The first kappa shape index (κ1) is 14.0. The lowest BCUT2D eigenvalue weighted by molar-refractivity contribution is 0.211. The molecule has 3 rings (SSSR count). The van der Waals surface area contributed by atoms with E-state index in [0.717, 1.165) is 30.8 Å². The lowest BCUT2D eigenvalue weighted by Crippen LogP contribution is -2.21. The molecule has 0 saturated carbocycles. The summed E-state index contributed by atoms with van der Waals surface area (Å²) in [6.07, 6.45) is 1.02. The Bertz CT molecular complexity index is 582. The topological polar surface area (TPSA) is 71.6 Å². The summed E-state index contributed by atoms with van der Waals surface area (Å²) in [6.45, 7) is 2.74. The number of aliphatic hydroxyl groups is 1. The second kappa shape index (κ2) is 6.24. The van der Waals surface area contributed by atoms with Crippen molar-refractivity contribution in [3.63, 3.8) is 0 Å². The van der Waals surface area contributed by atoms with Crippen molar-refractivity contribution >= 4 is 0 Å². The van der Waals surface area contributed by atoms with Crippen LogP contribution in [0.4, 0.5) is 0 Å². The van der Waals surface area contributed by atoms with Crippen molar-refractivity contribution in [2.75, 3.05) is 26.8 Å². The van der Waals surface area contributed by atoms with Gasteiger partial charge in [-0.15, -0.1) is 0 Å². The molecule has 1 saturated heterocycles. The van der Waals surface area contributed by atoms with E-state index in [1.807, 2.05) is 24.3 Å². The monoisotopic (exact) mass is 289 g/mol. The number of likely N-dealkylation sites (tertiary alicyclic amines) is 1. The van der Waals surface area contributed by atoms with Crippen molar-refractivity contribution in [2.24, 2.45) is 5.92 Å². The molecule has 1 fully saturated rings. The highest BCUT2D eigenvalue weighted by atomic mass is 16.5. The third-order valence-corrected chi connectivity index (χ3v) is 3.80. The molecule has 1 N–H and O–H groups in total. The second-order valence-electron chi connectivity index (χ2n) is 5.31. The maximum atomic E-state index is 9.16. The quantitative estimate of drug-likeness (QED) is 0.900. The van der Waals surface area contributed by atoms with Crippen LogP contribution in [0.5, 0.6) is 5.75 Å². The fraction of sp³-hybridized carbons (Fsp3) is 0.467. The zero-order chi connectivity index (χ0) is 14.7. The molecule has 1 atom stereocenters. The summed E-state index contributed by atoms with van der Waals surface area (Å²) in [5.41, 5.74) is 0.903. The highest BCUT2D eigenvalue weighted by molar-refractivity contribution is 5.55. The molecular formula is C15H19N3O3. The summed E-state index contributed by atoms with van der Waals surface area (Å²) in [4.78, 5) is 6.66. The summed E-state index contributed by atoms with van der Waals surface area (Å²) < 4.78 is 10.4. The Hall–Kier alpha value is -1.92. The van der Waals surface area contributed by atoms with Crippen molar-refractivity contribution in [1.82, 2.24) is 15.0 Å². The van der Waals surface area contributed by atoms with Crippen LogP contribution in [0.3, 0.4) is 0 Å². The van der Waals surface area contributed by atoms with Crippen LogP contribution in [0.2, 0.25) is 0 Å². The Morgan fingerprint density at radius 3 is 2.86 bits per heavy atom. The maximum Gasteiger partial charge on any atom is 0.241 e. The lowest BCUT2D eigenvalue weighted by Gasteiger charge is -2.11. The van der Waals surface area contributed by atoms with Crippen molar-refractivity contribution in [2.45, 2.75) is 13.0 Å². The van der Waals surface area contributed by atoms with Gasteiger partial charge in [0.15, 0.2) is 0 Å². The first-order chi connectivity index (χ1) is 10.3. The normalized spacial score (nSPS) is 19.0. The fourth-order valence-corrected chi connectivity index (χ4v) is 2.57. The molecule has 1 aliphatic rings. The van der Waals surface area contributed by atoms with E-state index in [-0.39, 0.29) is 6.61 Å². The largest absolute Gasteiger partial charge is 0.497 e. The van der Waals surface area contributed by atoms with Gasteiger partial charge in [0.05, 0.1) is 13.7 Å². The van der Waals surface area contributed by atoms with Gasteiger partial charge in [-0.1, -0.05) is 5.16 Å². The first-order valence-electron chi connectivity index (χ1n) is 7.08. The molecule has 0 spiro atoms. The van der Waals surface area contributed by atoms with Gasteiger partial charge in [-0.2, -0.15) is 4.98 Å². The summed E-state index contributed by atoms with van der Waals surface area (Å²) >= 11 is 0. The van der Waals surface area contributed by atoms with Crippen molar-refractivity contribution < 1.29 is 14.4 Å². The number of aliphatic hydroxyl groups excluding tert-OH is 1. The zero-order valence-electron chi connectivity index (χ0n) is 12.0. The van der Waals surface area contributed by atoms with Crippen LogP contribution in [0.25, 0.3) is 11.4 Å². The third-order valence-electron chi connectivity index (χ3n) is 3.80. The summed E-state index contributed by atoms with van der Waals surface area (Å²) in [7, 11) is 1.64. The highest BCUT2D eigenvalue weighted by Gasteiger charge is 2.23. The van der Waals surface area contributed by atoms with Crippen LogP contribution in [0, 0.1) is 5.92 Å². The SMILES string of the molecule is COc1ccc(-c2noc(CN3CCC(CO)C3)n2)cc1. The van der Waals surface area contributed by atoms with Crippen molar-refractivity contribution in [1.29, 1.82) is 0 Å². The Morgan fingerprint density at radius 2 is 2.19 bits per heavy atom. The Kier molecular flexibility index (Phi) is 4.17. The van der Waals surface area contributed by atoms with Gasteiger partial charge >= 0.3 is 0 Å². The van der Waals surface area contributed by atoms with E-state index in [2.05, 4.69) is 15.0 Å². The number of ether oxygens (including phenoxy) is 1. The van der Waals surface area contributed by atoms with E-state index in [1.165, 1.54) is 0 Å². The van der Waals surface area contributed by atoms with Crippen LogP contribution in [-0.2, 0) is 6.54 Å². The molecule has 2 heterocycles. The van der Waals surface area contributed by atoms with Crippen LogP contribution >= 0.6 is 0 Å². The summed E-state index contributed by atoms with van der Waals surface area (Å²) in [6, 6.07) is 7.56. The van der Waals surface area contributed by atoms with Gasteiger partial charge in [0.25, 0.3) is 0 Å². The van der Waals surface area contributed by atoms with Gasteiger partial charge in [0, 0.05) is 18.7 Å².